The van der Waals surface area contributed by atoms with Gasteiger partial charge in [0.2, 0.25) is 0 Å². The quantitative estimate of drug-likeness (QED) is 0.621. The van der Waals surface area contributed by atoms with Crippen LogP contribution >= 0.6 is 45.0 Å². The third-order valence-electron chi connectivity index (χ3n) is 2.47. The van der Waals surface area contributed by atoms with Crippen molar-refractivity contribution in [3.05, 3.63) is 50.4 Å². The van der Waals surface area contributed by atoms with Crippen molar-refractivity contribution in [2.75, 3.05) is 0 Å². The molecule has 86 valence electrons. The van der Waals surface area contributed by atoms with Gasteiger partial charge in [-0.2, -0.15) is 0 Å². The van der Waals surface area contributed by atoms with Gasteiger partial charge in [0, 0.05) is 0 Å². The Morgan fingerprint density at radius 2 is 1.65 bits per heavy atom. The minimum absolute atomic E-state index is 0.138. The molecule has 0 radical (unpaired) electrons. The van der Waals surface area contributed by atoms with Gasteiger partial charge >= 0.3 is 124 Å². The number of nitrogens with zero attached hydrogens (tertiary/aromatic N) is 1. The second-order valence-corrected chi connectivity index (χ2v) is 7.64. The molecule has 1 aliphatic heterocycles. The van der Waals surface area contributed by atoms with E-state index in [4.69, 9.17) is 34.8 Å². The molecule has 0 unspecified atom stereocenters. The normalized spacial score (nSPS) is 18.9. The van der Waals surface area contributed by atoms with Crippen LogP contribution in [0.15, 0.2) is 43.2 Å². The Balaban J connectivity index is 2.39. The van der Waals surface area contributed by atoms with E-state index in [0.29, 0.717) is 15.1 Å². The number of hydrogen-bond acceptors (Lipinski definition) is 2. The standard InChI is InChI=1S/C11H4Cl3NSSe/c12-7-5-3-1-2-4-6(5)10-11(16-17-15-10)9(14)8(7)13/h1-4H. The van der Waals surface area contributed by atoms with Crippen LogP contribution in [0.3, 0.4) is 0 Å². The molecule has 3 rings (SSSR count). The summed E-state index contributed by atoms with van der Waals surface area (Å²) in [6.07, 6.45) is 0. The average molecular weight is 368 g/mol. The first-order chi connectivity index (χ1) is 8.20. The molecule has 0 aromatic heterocycles. The summed E-state index contributed by atoms with van der Waals surface area (Å²) in [5.74, 6) is 0. The molecule has 0 amide bonds. The fourth-order valence-electron chi connectivity index (χ4n) is 1.68. The zero-order valence-corrected chi connectivity index (χ0v) is 13.0. The van der Waals surface area contributed by atoms with Crippen LogP contribution in [0.4, 0.5) is 0 Å². The molecule has 6 heteroatoms. The van der Waals surface area contributed by atoms with Crippen LogP contribution in [0.5, 0.6) is 0 Å². The fourth-order valence-corrected chi connectivity index (χ4v) is 6.17. The Morgan fingerprint density at radius 1 is 0.941 bits per heavy atom. The maximum absolute atomic E-state index is 6.28. The van der Waals surface area contributed by atoms with Gasteiger partial charge in [-0.05, 0) is 0 Å². The van der Waals surface area contributed by atoms with Crippen molar-refractivity contribution in [1.29, 1.82) is 0 Å². The molecule has 0 spiro atoms. The monoisotopic (exact) mass is 367 g/mol. The summed E-state index contributed by atoms with van der Waals surface area (Å²) in [4.78, 5) is 0.944. The van der Waals surface area contributed by atoms with E-state index in [2.05, 4.69) is 4.01 Å². The third kappa shape index (κ3) is 1.90. The molecule has 0 fully saturated rings. The zero-order chi connectivity index (χ0) is 12.0. The molecule has 0 saturated carbocycles. The topological polar surface area (TPSA) is 12.4 Å². The van der Waals surface area contributed by atoms with Gasteiger partial charge in [0.15, 0.2) is 0 Å². The van der Waals surface area contributed by atoms with Gasteiger partial charge in [-0.1, -0.05) is 0 Å². The molecule has 2 aliphatic rings. The molecule has 17 heavy (non-hydrogen) atoms. The molecule has 0 saturated heterocycles. The van der Waals surface area contributed by atoms with Gasteiger partial charge in [0.25, 0.3) is 0 Å². The first-order valence-corrected chi connectivity index (χ1v) is 9.41. The van der Waals surface area contributed by atoms with Crippen LogP contribution < -0.4 is 0 Å². The van der Waals surface area contributed by atoms with E-state index in [1.54, 1.807) is 10.2 Å². The van der Waals surface area contributed by atoms with Gasteiger partial charge in [-0.15, -0.1) is 0 Å². The SMILES string of the molecule is ClC1=C2S[Se]N=C2c2ccccc2C(Cl)=C1Cl. The Labute approximate surface area is 123 Å². The van der Waals surface area contributed by atoms with Crippen molar-refractivity contribution in [1.82, 2.24) is 0 Å². The molecule has 0 N–H and O–H groups in total. The van der Waals surface area contributed by atoms with Crippen LogP contribution in [-0.2, 0) is 0 Å². The van der Waals surface area contributed by atoms with Crippen molar-refractivity contribution < 1.29 is 0 Å². The molecule has 1 aromatic carbocycles. The second-order valence-electron chi connectivity index (χ2n) is 3.41. The molecular formula is C11H4Cl3NSSe. The Kier molecular flexibility index (Phi) is 3.33. The first kappa shape index (κ1) is 12.2. The summed E-state index contributed by atoms with van der Waals surface area (Å²) < 4.78 is 4.53. The van der Waals surface area contributed by atoms with E-state index >= 15 is 0 Å². The summed E-state index contributed by atoms with van der Waals surface area (Å²) in [5.41, 5.74) is 2.82. The number of fused-ring (bicyclic) bond motifs is 3. The van der Waals surface area contributed by atoms with Gasteiger partial charge < -0.3 is 0 Å². The van der Waals surface area contributed by atoms with Crippen molar-refractivity contribution in [2.45, 2.75) is 0 Å². The van der Waals surface area contributed by atoms with Crippen molar-refractivity contribution in [2.24, 2.45) is 4.01 Å². The van der Waals surface area contributed by atoms with Crippen LogP contribution in [0.25, 0.3) is 5.03 Å². The fraction of sp³-hybridized carbons (Fsp3) is 0. The van der Waals surface area contributed by atoms with Crippen LogP contribution in [0.2, 0.25) is 0 Å². The molecule has 1 heterocycles. The Bertz CT molecular complexity index is 606. The van der Waals surface area contributed by atoms with Gasteiger partial charge in [0.05, 0.1) is 0 Å². The molecule has 1 aliphatic carbocycles. The summed E-state index contributed by atoms with van der Waals surface area (Å²) >= 11 is 18.9. The zero-order valence-electron chi connectivity index (χ0n) is 8.21. The Morgan fingerprint density at radius 3 is 2.41 bits per heavy atom. The van der Waals surface area contributed by atoms with Crippen molar-refractivity contribution in [3.8, 4) is 0 Å². The minimum atomic E-state index is 0.138. The van der Waals surface area contributed by atoms with E-state index in [1.165, 1.54) is 0 Å². The number of halogens is 3. The summed E-state index contributed by atoms with van der Waals surface area (Å²) in [7, 11) is 1.65. The van der Waals surface area contributed by atoms with Crippen molar-refractivity contribution in [3.63, 3.8) is 0 Å². The summed E-state index contributed by atoms with van der Waals surface area (Å²) in [6, 6.07) is 7.83. The van der Waals surface area contributed by atoms with Gasteiger partial charge in [-0.25, -0.2) is 0 Å². The molecule has 0 atom stereocenters. The summed E-state index contributed by atoms with van der Waals surface area (Å²) in [6.45, 7) is 0. The van der Waals surface area contributed by atoms with E-state index in [0.717, 1.165) is 21.7 Å². The molecule has 1 aromatic rings. The predicted molar refractivity (Wildman–Crippen MR) is 77.8 cm³/mol. The number of rotatable bonds is 0. The van der Waals surface area contributed by atoms with E-state index in [-0.39, 0.29) is 14.1 Å². The van der Waals surface area contributed by atoms with Crippen LogP contribution in [-0.4, -0.2) is 19.8 Å². The third-order valence-corrected chi connectivity index (χ3v) is 7.01. The second kappa shape index (κ2) is 4.65. The average Bonchev–Trinajstić information content (AvgIpc) is 2.82. The maximum atomic E-state index is 6.28. The molecular weight excluding hydrogens is 364 g/mol. The van der Waals surface area contributed by atoms with E-state index in [9.17, 15) is 0 Å². The number of allylic oxidation sites excluding steroid dienone is 3. The number of benzene rings is 1. The van der Waals surface area contributed by atoms with Gasteiger partial charge in [0.1, 0.15) is 0 Å². The van der Waals surface area contributed by atoms with E-state index < -0.39 is 0 Å². The van der Waals surface area contributed by atoms with Crippen LogP contribution in [0, 0.1) is 0 Å². The van der Waals surface area contributed by atoms with Crippen molar-refractivity contribution >= 4 is 69.8 Å². The Hall–Kier alpha value is 0.109. The van der Waals surface area contributed by atoms with Crippen LogP contribution in [0.1, 0.15) is 11.1 Å². The number of hydrogen-bond donors (Lipinski definition) is 0. The predicted octanol–water partition coefficient (Wildman–Crippen LogP) is 4.37. The van der Waals surface area contributed by atoms with E-state index in [1.807, 2.05) is 24.3 Å². The summed E-state index contributed by atoms with van der Waals surface area (Å²) in [5, 5.41) is 1.41. The first-order valence-electron chi connectivity index (χ1n) is 4.67. The molecule has 1 nitrogen and oxygen atoms in total. The molecule has 0 bridgehead atoms. The van der Waals surface area contributed by atoms with Gasteiger partial charge in [-0.3, -0.25) is 0 Å².